The third kappa shape index (κ3) is 4.88. The number of nitrogens with one attached hydrogen (secondary N) is 1. The van der Waals surface area contributed by atoms with Gasteiger partial charge in [0.05, 0.1) is 7.11 Å². The molecule has 0 atom stereocenters. The molecule has 1 aliphatic rings. The molecule has 1 aliphatic heterocycles. The Morgan fingerprint density at radius 1 is 1.04 bits per heavy atom. The largest absolute Gasteiger partial charge is 0.497 e. The Balaban J connectivity index is 1.47. The standard InChI is InChI=1S/C22H26N2O3/c1-16-3-7-19(8-4-16)22(26)24-13-11-18(12-14-24)21(25)23-15-17-5-9-20(27-2)10-6-17/h3-10,18H,11-15H2,1-2H3,(H,23,25). The first kappa shape index (κ1) is 19.0. The predicted molar refractivity (Wildman–Crippen MR) is 105 cm³/mol. The van der Waals surface area contributed by atoms with Gasteiger partial charge in [0.25, 0.3) is 5.91 Å². The first-order chi connectivity index (χ1) is 13.1. The van der Waals surface area contributed by atoms with Crippen LogP contribution in [0.4, 0.5) is 0 Å². The number of ether oxygens (including phenoxy) is 1. The van der Waals surface area contributed by atoms with Crippen LogP contribution in [0.5, 0.6) is 5.75 Å². The molecule has 0 spiro atoms. The Morgan fingerprint density at radius 2 is 1.67 bits per heavy atom. The zero-order valence-electron chi connectivity index (χ0n) is 15.9. The molecule has 0 unspecified atom stereocenters. The monoisotopic (exact) mass is 366 g/mol. The molecule has 0 radical (unpaired) electrons. The van der Waals surface area contributed by atoms with Crippen molar-refractivity contribution in [3.05, 3.63) is 65.2 Å². The predicted octanol–water partition coefficient (Wildman–Crippen LogP) is 3.17. The average Bonchev–Trinajstić information content (AvgIpc) is 2.72. The van der Waals surface area contributed by atoms with Gasteiger partial charge in [-0.3, -0.25) is 9.59 Å². The normalized spacial score (nSPS) is 14.7. The zero-order valence-corrected chi connectivity index (χ0v) is 15.9. The Kier molecular flexibility index (Phi) is 6.12. The summed E-state index contributed by atoms with van der Waals surface area (Å²) in [6.07, 6.45) is 1.40. The van der Waals surface area contributed by atoms with E-state index < -0.39 is 0 Å². The van der Waals surface area contributed by atoms with Crippen LogP contribution < -0.4 is 10.1 Å². The van der Waals surface area contributed by atoms with Gasteiger partial charge in [0, 0.05) is 31.1 Å². The molecule has 1 N–H and O–H groups in total. The smallest absolute Gasteiger partial charge is 0.253 e. The van der Waals surface area contributed by atoms with Crippen molar-refractivity contribution < 1.29 is 14.3 Å². The van der Waals surface area contributed by atoms with Crippen molar-refractivity contribution in [3.63, 3.8) is 0 Å². The molecular weight excluding hydrogens is 340 g/mol. The van der Waals surface area contributed by atoms with E-state index in [1.807, 2.05) is 60.4 Å². The molecule has 27 heavy (non-hydrogen) atoms. The van der Waals surface area contributed by atoms with E-state index >= 15 is 0 Å². The van der Waals surface area contributed by atoms with E-state index in [2.05, 4.69) is 5.32 Å². The van der Waals surface area contributed by atoms with E-state index in [1.54, 1.807) is 7.11 Å². The van der Waals surface area contributed by atoms with Gasteiger partial charge in [-0.2, -0.15) is 0 Å². The maximum Gasteiger partial charge on any atom is 0.253 e. The van der Waals surface area contributed by atoms with Crippen LogP contribution in [0.25, 0.3) is 0 Å². The molecule has 2 aromatic rings. The average molecular weight is 366 g/mol. The summed E-state index contributed by atoms with van der Waals surface area (Å²) in [6.45, 7) is 3.75. The highest BCUT2D eigenvalue weighted by Gasteiger charge is 2.27. The summed E-state index contributed by atoms with van der Waals surface area (Å²) < 4.78 is 5.14. The minimum absolute atomic E-state index is 0.0367. The number of rotatable bonds is 5. The van der Waals surface area contributed by atoms with E-state index in [1.165, 1.54) is 0 Å². The Labute approximate surface area is 160 Å². The van der Waals surface area contributed by atoms with E-state index in [-0.39, 0.29) is 17.7 Å². The molecule has 142 valence electrons. The molecule has 1 heterocycles. The van der Waals surface area contributed by atoms with E-state index in [9.17, 15) is 9.59 Å². The molecule has 0 aromatic heterocycles. The Bertz CT molecular complexity index is 776. The summed E-state index contributed by atoms with van der Waals surface area (Å²) in [7, 11) is 1.63. The van der Waals surface area contributed by atoms with Crippen LogP contribution in [-0.4, -0.2) is 36.9 Å². The fraction of sp³-hybridized carbons (Fsp3) is 0.364. The van der Waals surface area contributed by atoms with Crippen LogP contribution in [0, 0.1) is 12.8 Å². The lowest BCUT2D eigenvalue weighted by molar-refractivity contribution is -0.126. The maximum absolute atomic E-state index is 12.6. The van der Waals surface area contributed by atoms with Crippen LogP contribution in [0.2, 0.25) is 0 Å². The van der Waals surface area contributed by atoms with Crippen molar-refractivity contribution in [3.8, 4) is 5.75 Å². The summed E-state index contributed by atoms with van der Waals surface area (Å²) in [5.74, 6) is 0.876. The molecule has 5 heteroatoms. The molecule has 0 saturated carbocycles. The summed E-state index contributed by atoms with van der Waals surface area (Å²) in [4.78, 5) is 26.9. The van der Waals surface area contributed by atoms with Gasteiger partial charge in [-0.05, 0) is 49.6 Å². The number of hydrogen-bond acceptors (Lipinski definition) is 3. The highest BCUT2D eigenvalue weighted by Crippen LogP contribution is 2.20. The van der Waals surface area contributed by atoms with E-state index in [4.69, 9.17) is 4.74 Å². The van der Waals surface area contributed by atoms with Crippen LogP contribution in [0.1, 0.15) is 34.3 Å². The lowest BCUT2D eigenvalue weighted by atomic mass is 9.95. The number of nitrogens with zero attached hydrogens (tertiary/aromatic N) is 1. The topological polar surface area (TPSA) is 58.6 Å². The molecule has 1 saturated heterocycles. The number of piperidine rings is 1. The van der Waals surface area contributed by atoms with Gasteiger partial charge in [-0.15, -0.1) is 0 Å². The number of amides is 2. The minimum Gasteiger partial charge on any atom is -0.497 e. The minimum atomic E-state index is -0.0367. The highest BCUT2D eigenvalue weighted by molar-refractivity contribution is 5.94. The molecule has 2 amide bonds. The Hall–Kier alpha value is -2.82. The number of likely N-dealkylation sites (tertiary alicyclic amines) is 1. The van der Waals surface area contributed by atoms with Crippen molar-refractivity contribution in [1.82, 2.24) is 10.2 Å². The zero-order chi connectivity index (χ0) is 19.2. The van der Waals surface area contributed by atoms with Gasteiger partial charge in [0.2, 0.25) is 5.91 Å². The van der Waals surface area contributed by atoms with Crippen molar-refractivity contribution in [2.24, 2.45) is 5.92 Å². The summed E-state index contributed by atoms with van der Waals surface area (Å²) >= 11 is 0. The molecular formula is C22H26N2O3. The number of hydrogen-bond donors (Lipinski definition) is 1. The van der Waals surface area contributed by atoms with E-state index in [0.717, 1.165) is 16.9 Å². The molecule has 5 nitrogen and oxygen atoms in total. The fourth-order valence-electron chi connectivity index (χ4n) is 3.30. The fourth-order valence-corrected chi connectivity index (χ4v) is 3.30. The third-order valence-electron chi connectivity index (χ3n) is 5.08. The highest BCUT2D eigenvalue weighted by atomic mass is 16.5. The first-order valence-corrected chi connectivity index (χ1v) is 9.33. The lowest BCUT2D eigenvalue weighted by Gasteiger charge is -2.31. The van der Waals surface area contributed by atoms with Crippen molar-refractivity contribution >= 4 is 11.8 Å². The first-order valence-electron chi connectivity index (χ1n) is 9.33. The second kappa shape index (κ2) is 8.71. The quantitative estimate of drug-likeness (QED) is 0.884. The molecule has 2 aromatic carbocycles. The number of carbonyl (C=O) groups excluding carboxylic acids is 2. The van der Waals surface area contributed by atoms with Gasteiger partial charge < -0.3 is 15.0 Å². The van der Waals surface area contributed by atoms with Gasteiger partial charge in [0.1, 0.15) is 5.75 Å². The molecule has 0 aliphatic carbocycles. The van der Waals surface area contributed by atoms with Crippen molar-refractivity contribution in [2.75, 3.05) is 20.2 Å². The van der Waals surface area contributed by atoms with Crippen LogP contribution in [-0.2, 0) is 11.3 Å². The molecule has 1 fully saturated rings. The second-order valence-electron chi connectivity index (χ2n) is 7.00. The van der Waals surface area contributed by atoms with Gasteiger partial charge in [-0.25, -0.2) is 0 Å². The van der Waals surface area contributed by atoms with Gasteiger partial charge in [-0.1, -0.05) is 29.8 Å². The maximum atomic E-state index is 12.6. The van der Waals surface area contributed by atoms with Crippen LogP contribution in [0.3, 0.4) is 0 Å². The Morgan fingerprint density at radius 3 is 2.26 bits per heavy atom. The number of carbonyl (C=O) groups is 2. The number of benzene rings is 2. The number of methoxy groups -OCH3 is 1. The van der Waals surface area contributed by atoms with Gasteiger partial charge in [0.15, 0.2) is 0 Å². The summed E-state index contributed by atoms with van der Waals surface area (Å²) in [5, 5.41) is 3.00. The van der Waals surface area contributed by atoms with Crippen molar-refractivity contribution in [2.45, 2.75) is 26.3 Å². The summed E-state index contributed by atoms with van der Waals surface area (Å²) in [6, 6.07) is 15.3. The summed E-state index contributed by atoms with van der Waals surface area (Å²) in [5.41, 5.74) is 2.89. The lowest BCUT2D eigenvalue weighted by Crippen LogP contribution is -2.42. The van der Waals surface area contributed by atoms with Crippen molar-refractivity contribution in [1.29, 1.82) is 0 Å². The third-order valence-corrected chi connectivity index (χ3v) is 5.08. The molecule has 3 rings (SSSR count). The second-order valence-corrected chi connectivity index (χ2v) is 7.00. The SMILES string of the molecule is COc1ccc(CNC(=O)C2CCN(C(=O)c3ccc(C)cc3)CC2)cc1. The van der Waals surface area contributed by atoms with Gasteiger partial charge >= 0.3 is 0 Å². The van der Waals surface area contributed by atoms with Crippen LogP contribution in [0.15, 0.2) is 48.5 Å². The van der Waals surface area contributed by atoms with E-state index in [0.29, 0.717) is 38.0 Å². The molecule has 0 bridgehead atoms. The van der Waals surface area contributed by atoms with Crippen LogP contribution >= 0.6 is 0 Å². The number of aryl methyl sites for hydroxylation is 1.